The van der Waals surface area contributed by atoms with Gasteiger partial charge in [-0.1, -0.05) is 13.3 Å². The molecule has 0 bridgehead atoms. The van der Waals surface area contributed by atoms with E-state index in [1.807, 2.05) is 36.9 Å². The zero-order chi connectivity index (χ0) is 19.4. The van der Waals surface area contributed by atoms with Crippen molar-refractivity contribution in [2.24, 2.45) is 0 Å². The molecular formula is C18H27NO6S. The number of rotatable bonds is 8. The van der Waals surface area contributed by atoms with Crippen molar-refractivity contribution in [1.29, 1.82) is 0 Å². The molecule has 1 atom stereocenters. The second kappa shape index (κ2) is 8.26. The third-order valence-electron chi connectivity index (χ3n) is 4.04. The maximum Gasteiger partial charge on any atom is 0.323 e. The third-order valence-corrected chi connectivity index (χ3v) is 5.22. The summed E-state index contributed by atoms with van der Waals surface area (Å²) in [6, 6.07) is 5.49. The van der Waals surface area contributed by atoms with Crippen LogP contribution in [-0.2, 0) is 19.7 Å². The Labute approximate surface area is 155 Å². The maximum absolute atomic E-state index is 12.3. The van der Waals surface area contributed by atoms with Gasteiger partial charge in [0.2, 0.25) is 10.0 Å². The van der Waals surface area contributed by atoms with Gasteiger partial charge in [0.15, 0.2) is 0 Å². The number of hydrogen-bond donors (Lipinski definition) is 1. The van der Waals surface area contributed by atoms with Crippen LogP contribution in [0.2, 0.25) is 0 Å². The highest BCUT2D eigenvalue weighted by Gasteiger charge is 2.36. The number of sulfonamides is 1. The fourth-order valence-corrected chi connectivity index (χ4v) is 4.11. The number of nitrogens with one attached hydrogen (secondary N) is 1. The van der Waals surface area contributed by atoms with Crippen LogP contribution in [0.15, 0.2) is 18.2 Å². The number of carbonyl (C=O) groups is 1. The molecule has 8 heteroatoms. The Morgan fingerprint density at radius 2 is 2.12 bits per heavy atom. The number of unbranched alkanes of at least 4 members (excludes halogenated alkanes) is 1. The van der Waals surface area contributed by atoms with Crippen LogP contribution in [0, 0.1) is 0 Å². The van der Waals surface area contributed by atoms with Crippen molar-refractivity contribution in [3.05, 3.63) is 23.8 Å². The van der Waals surface area contributed by atoms with E-state index in [2.05, 4.69) is 11.8 Å². The maximum atomic E-state index is 12.3. The summed E-state index contributed by atoms with van der Waals surface area (Å²) in [5.74, 6) is 0.107. The smallest absolute Gasteiger partial charge is 0.323 e. The largest absolute Gasteiger partial charge is 0.494 e. The standard InChI is InChI=1S/C18H27NO6S/c1-5-6-9-23-15-7-8-17-16(10-15)14(11-18(3,4)24-17)12-26(21,22)19-25-13(2)20/h7-8,10,14,19H,5-6,9,11-12H2,1-4H3. The fraction of sp³-hybridized carbons (Fsp3) is 0.611. The lowest BCUT2D eigenvalue weighted by atomic mass is 9.85. The van der Waals surface area contributed by atoms with Crippen LogP contribution in [-0.4, -0.2) is 32.3 Å². The minimum atomic E-state index is -3.79. The zero-order valence-electron chi connectivity index (χ0n) is 15.7. The Morgan fingerprint density at radius 1 is 1.38 bits per heavy atom. The van der Waals surface area contributed by atoms with Gasteiger partial charge in [-0.3, -0.25) is 4.79 Å². The SMILES string of the molecule is CCCCOc1ccc2c(c1)C(CS(=O)(=O)NOC(C)=O)CC(C)(C)O2. The summed E-state index contributed by atoms with van der Waals surface area (Å²) in [4.78, 5) is 17.2. The van der Waals surface area contributed by atoms with Gasteiger partial charge in [0, 0.05) is 18.4 Å². The molecule has 0 aromatic heterocycles. The Bertz CT molecular complexity index is 744. The minimum absolute atomic E-state index is 0.210. The molecule has 1 aliphatic heterocycles. The van der Waals surface area contributed by atoms with E-state index >= 15 is 0 Å². The summed E-state index contributed by atoms with van der Waals surface area (Å²) >= 11 is 0. The van der Waals surface area contributed by atoms with E-state index < -0.39 is 21.6 Å². The quantitative estimate of drug-likeness (QED) is 0.546. The molecule has 7 nitrogen and oxygen atoms in total. The molecule has 0 aliphatic carbocycles. The van der Waals surface area contributed by atoms with Crippen LogP contribution in [0.4, 0.5) is 0 Å². The van der Waals surface area contributed by atoms with Gasteiger partial charge in [-0.2, -0.15) is 0 Å². The summed E-state index contributed by atoms with van der Waals surface area (Å²) in [6.07, 6.45) is 2.50. The monoisotopic (exact) mass is 385 g/mol. The van der Waals surface area contributed by atoms with Crippen LogP contribution in [0.5, 0.6) is 11.5 Å². The third kappa shape index (κ3) is 5.88. The average Bonchev–Trinajstić information content (AvgIpc) is 2.52. The first kappa shape index (κ1) is 20.5. The fourth-order valence-electron chi connectivity index (χ4n) is 2.98. The van der Waals surface area contributed by atoms with Gasteiger partial charge in [-0.05, 0) is 49.8 Å². The molecule has 1 heterocycles. The molecule has 0 saturated heterocycles. The first-order valence-corrected chi connectivity index (χ1v) is 10.4. The molecule has 1 aliphatic rings. The molecule has 1 aromatic carbocycles. The van der Waals surface area contributed by atoms with Gasteiger partial charge in [-0.25, -0.2) is 8.42 Å². The minimum Gasteiger partial charge on any atom is -0.494 e. The number of ether oxygens (including phenoxy) is 2. The van der Waals surface area contributed by atoms with E-state index in [4.69, 9.17) is 9.47 Å². The van der Waals surface area contributed by atoms with E-state index in [1.54, 1.807) is 0 Å². The normalized spacial score (nSPS) is 18.5. The molecule has 1 N–H and O–H groups in total. The van der Waals surface area contributed by atoms with Crippen LogP contribution < -0.4 is 14.4 Å². The van der Waals surface area contributed by atoms with Crippen molar-refractivity contribution in [3.8, 4) is 11.5 Å². The molecule has 146 valence electrons. The van der Waals surface area contributed by atoms with E-state index in [0.717, 1.165) is 25.3 Å². The van der Waals surface area contributed by atoms with Gasteiger partial charge >= 0.3 is 5.97 Å². The lowest BCUT2D eigenvalue weighted by Crippen LogP contribution is -2.39. The van der Waals surface area contributed by atoms with Gasteiger partial charge in [0.05, 0.1) is 12.4 Å². The van der Waals surface area contributed by atoms with Crippen molar-refractivity contribution < 1.29 is 27.5 Å². The zero-order valence-corrected chi connectivity index (χ0v) is 16.5. The Kier molecular flexibility index (Phi) is 6.52. The van der Waals surface area contributed by atoms with Gasteiger partial charge in [-0.15, -0.1) is 0 Å². The van der Waals surface area contributed by atoms with Crippen LogP contribution >= 0.6 is 0 Å². The lowest BCUT2D eigenvalue weighted by molar-refractivity contribution is -0.144. The molecule has 0 spiro atoms. The second-order valence-corrected chi connectivity index (χ2v) is 8.85. The summed E-state index contributed by atoms with van der Waals surface area (Å²) in [6.45, 7) is 7.67. The van der Waals surface area contributed by atoms with E-state index in [-0.39, 0.29) is 11.7 Å². The summed E-state index contributed by atoms with van der Waals surface area (Å²) < 4.78 is 36.2. The van der Waals surface area contributed by atoms with Crippen LogP contribution in [0.1, 0.15) is 58.4 Å². The molecule has 26 heavy (non-hydrogen) atoms. The topological polar surface area (TPSA) is 90.9 Å². The Morgan fingerprint density at radius 3 is 2.77 bits per heavy atom. The Balaban J connectivity index is 2.23. The lowest BCUT2D eigenvalue weighted by Gasteiger charge is -2.37. The molecular weight excluding hydrogens is 358 g/mol. The highest BCUT2D eigenvalue weighted by Crippen LogP contribution is 2.42. The summed E-state index contributed by atoms with van der Waals surface area (Å²) in [7, 11) is -3.79. The number of hydrogen-bond acceptors (Lipinski definition) is 6. The molecule has 1 aromatic rings. The molecule has 2 rings (SSSR count). The first-order valence-electron chi connectivity index (χ1n) is 8.74. The van der Waals surface area contributed by atoms with Gasteiger partial charge in [0.1, 0.15) is 17.1 Å². The molecule has 1 unspecified atom stereocenters. The van der Waals surface area contributed by atoms with Gasteiger partial charge in [0.25, 0.3) is 0 Å². The second-order valence-electron chi connectivity index (χ2n) is 7.12. The summed E-state index contributed by atoms with van der Waals surface area (Å²) in [5, 5.41) is 0. The Hall–Kier alpha value is -1.80. The predicted molar refractivity (Wildman–Crippen MR) is 97.6 cm³/mol. The van der Waals surface area contributed by atoms with Crippen molar-refractivity contribution in [2.45, 2.75) is 58.5 Å². The number of fused-ring (bicyclic) bond motifs is 1. The molecule has 0 radical (unpaired) electrons. The number of carbonyl (C=O) groups excluding carboxylic acids is 1. The van der Waals surface area contributed by atoms with Crippen LogP contribution in [0.3, 0.4) is 0 Å². The van der Waals surface area contributed by atoms with Crippen molar-refractivity contribution >= 4 is 16.0 Å². The van der Waals surface area contributed by atoms with Gasteiger partial charge < -0.3 is 14.3 Å². The van der Waals surface area contributed by atoms with E-state index in [0.29, 0.717) is 24.5 Å². The van der Waals surface area contributed by atoms with E-state index in [1.165, 1.54) is 0 Å². The molecule has 0 fully saturated rings. The van der Waals surface area contributed by atoms with E-state index in [9.17, 15) is 13.2 Å². The van der Waals surface area contributed by atoms with Crippen molar-refractivity contribution in [3.63, 3.8) is 0 Å². The highest BCUT2D eigenvalue weighted by atomic mass is 32.2. The highest BCUT2D eigenvalue weighted by molar-refractivity contribution is 7.89. The first-order chi connectivity index (χ1) is 12.1. The molecule has 0 amide bonds. The van der Waals surface area contributed by atoms with Crippen LogP contribution in [0.25, 0.3) is 0 Å². The van der Waals surface area contributed by atoms with Crippen molar-refractivity contribution in [1.82, 2.24) is 4.89 Å². The summed E-state index contributed by atoms with van der Waals surface area (Å²) in [5.41, 5.74) is 0.283. The average molecular weight is 385 g/mol. The van der Waals surface area contributed by atoms with Crippen molar-refractivity contribution in [2.75, 3.05) is 12.4 Å². The molecule has 0 saturated carbocycles. The predicted octanol–water partition coefficient (Wildman–Crippen LogP) is 2.91. The number of benzene rings is 1.